The lowest BCUT2D eigenvalue weighted by Gasteiger charge is -2.05. The second kappa shape index (κ2) is 8.67. The number of aromatic nitrogens is 1. The molecule has 0 aliphatic heterocycles. The molecule has 0 aliphatic rings. The topological polar surface area (TPSA) is 76.1 Å². The summed E-state index contributed by atoms with van der Waals surface area (Å²) in [7, 11) is -3.23. The number of carbonyl (C=O) groups excluding carboxylic acids is 1. The maximum atomic E-state index is 12.3. The highest BCUT2D eigenvalue weighted by atomic mass is 32.2. The molecule has 0 spiro atoms. The number of nitrogens with zero attached hydrogens (tertiary/aromatic N) is 1. The Morgan fingerprint density at radius 2 is 1.64 bits per heavy atom. The summed E-state index contributed by atoms with van der Waals surface area (Å²) in [5.74, 6) is -0.131. The lowest BCUT2D eigenvalue weighted by molar-refractivity contribution is -0.115. The molecule has 1 heterocycles. The molecule has 1 amide bonds. The van der Waals surface area contributed by atoms with Crippen LogP contribution in [0.1, 0.15) is 25.0 Å². The van der Waals surface area contributed by atoms with Crippen LogP contribution in [0, 0.1) is 0 Å². The van der Waals surface area contributed by atoms with Crippen molar-refractivity contribution in [3.8, 4) is 11.3 Å². The number of sulfone groups is 1. The molecule has 3 aromatic rings. The molecule has 5 nitrogen and oxygen atoms in total. The lowest BCUT2D eigenvalue weighted by Crippen LogP contribution is -2.14. The third kappa shape index (κ3) is 4.85. The van der Waals surface area contributed by atoms with Gasteiger partial charge in [-0.25, -0.2) is 13.4 Å². The molecule has 0 unspecified atom stereocenters. The molecule has 0 atom stereocenters. The van der Waals surface area contributed by atoms with Crippen molar-refractivity contribution in [3.05, 3.63) is 65.0 Å². The van der Waals surface area contributed by atoms with Crippen molar-refractivity contribution in [1.29, 1.82) is 0 Å². The van der Waals surface area contributed by atoms with Gasteiger partial charge in [0, 0.05) is 10.9 Å². The average molecular weight is 415 g/mol. The molecule has 1 N–H and O–H groups in total. The average Bonchev–Trinajstić information content (AvgIpc) is 3.16. The van der Waals surface area contributed by atoms with Gasteiger partial charge in [0.15, 0.2) is 15.0 Å². The van der Waals surface area contributed by atoms with E-state index in [0.29, 0.717) is 5.13 Å². The minimum absolute atomic E-state index is 0.0559. The number of carbonyl (C=O) groups is 1. The van der Waals surface area contributed by atoms with Crippen molar-refractivity contribution in [1.82, 2.24) is 4.98 Å². The molecule has 1 aromatic heterocycles. The smallest absolute Gasteiger partial charge is 0.230 e. The Morgan fingerprint density at radius 1 is 1.00 bits per heavy atom. The maximum absolute atomic E-state index is 12.3. The highest BCUT2D eigenvalue weighted by molar-refractivity contribution is 7.91. The third-order valence-electron chi connectivity index (χ3n) is 4.44. The molecule has 146 valence electrons. The lowest BCUT2D eigenvalue weighted by atomic mass is 10.1. The molecule has 3 rings (SSSR count). The maximum Gasteiger partial charge on any atom is 0.230 e. The molecule has 2 aromatic carbocycles. The molecule has 7 heteroatoms. The first-order valence-corrected chi connectivity index (χ1v) is 11.6. The fourth-order valence-electron chi connectivity index (χ4n) is 2.71. The monoisotopic (exact) mass is 414 g/mol. The van der Waals surface area contributed by atoms with Crippen molar-refractivity contribution in [2.24, 2.45) is 0 Å². The number of thiazole rings is 1. The number of nitrogens with one attached hydrogen (secondary N) is 1. The first-order valence-electron chi connectivity index (χ1n) is 9.07. The van der Waals surface area contributed by atoms with Gasteiger partial charge in [0.25, 0.3) is 0 Å². The zero-order chi connectivity index (χ0) is 20.1. The summed E-state index contributed by atoms with van der Waals surface area (Å²) in [6.07, 6.45) is 1.15. The van der Waals surface area contributed by atoms with Crippen LogP contribution in [0.25, 0.3) is 11.3 Å². The van der Waals surface area contributed by atoms with Gasteiger partial charge in [-0.2, -0.15) is 0 Å². The zero-order valence-corrected chi connectivity index (χ0v) is 17.4. The largest absolute Gasteiger partial charge is 0.302 e. The van der Waals surface area contributed by atoms with E-state index < -0.39 is 9.84 Å². The van der Waals surface area contributed by atoms with Crippen LogP contribution < -0.4 is 5.32 Å². The first-order chi connectivity index (χ1) is 13.4. The van der Waals surface area contributed by atoms with E-state index in [1.165, 1.54) is 16.9 Å². The quantitative estimate of drug-likeness (QED) is 0.624. The normalized spacial score (nSPS) is 11.4. The van der Waals surface area contributed by atoms with Crippen molar-refractivity contribution in [2.75, 3.05) is 11.1 Å². The van der Waals surface area contributed by atoms with Crippen LogP contribution in [0.2, 0.25) is 0 Å². The van der Waals surface area contributed by atoms with E-state index in [4.69, 9.17) is 0 Å². The van der Waals surface area contributed by atoms with Gasteiger partial charge in [0.1, 0.15) is 0 Å². The molecule has 0 fully saturated rings. The number of anilines is 1. The second-order valence-electron chi connectivity index (χ2n) is 6.36. The van der Waals surface area contributed by atoms with E-state index in [-0.39, 0.29) is 23.0 Å². The fourth-order valence-corrected chi connectivity index (χ4v) is 4.33. The highest BCUT2D eigenvalue weighted by Gasteiger charge is 2.12. The van der Waals surface area contributed by atoms with Crippen LogP contribution in [0.3, 0.4) is 0 Å². The Labute approximate surface area is 169 Å². The molecule has 0 aliphatic carbocycles. The van der Waals surface area contributed by atoms with Crippen LogP contribution in [0.15, 0.2) is 58.8 Å². The predicted molar refractivity (Wildman–Crippen MR) is 113 cm³/mol. The van der Waals surface area contributed by atoms with Gasteiger partial charge in [-0.15, -0.1) is 11.3 Å². The number of hydrogen-bond acceptors (Lipinski definition) is 5. The van der Waals surface area contributed by atoms with E-state index in [0.717, 1.165) is 23.2 Å². The molecule has 0 saturated heterocycles. The summed E-state index contributed by atoms with van der Waals surface area (Å²) in [6, 6.07) is 14.7. The van der Waals surface area contributed by atoms with Gasteiger partial charge >= 0.3 is 0 Å². The fraction of sp³-hybridized carbons (Fsp3) is 0.238. The first kappa shape index (κ1) is 20.2. The molecule has 0 saturated carbocycles. The summed E-state index contributed by atoms with van der Waals surface area (Å²) in [4.78, 5) is 17.0. The van der Waals surface area contributed by atoms with E-state index >= 15 is 0 Å². The van der Waals surface area contributed by atoms with Gasteiger partial charge in [0.2, 0.25) is 5.91 Å². The van der Waals surface area contributed by atoms with Crippen LogP contribution in [0.4, 0.5) is 5.13 Å². The highest BCUT2D eigenvalue weighted by Crippen LogP contribution is 2.25. The SMILES string of the molecule is CCc1ccc(-c2csc(NC(=O)Cc3ccc(S(=O)(=O)CC)cc3)n2)cc1. The van der Waals surface area contributed by atoms with Crippen LogP contribution in [0.5, 0.6) is 0 Å². The van der Waals surface area contributed by atoms with Crippen LogP contribution in [-0.4, -0.2) is 25.1 Å². The van der Waals surface area contributed by atoms with E-state index in [2.05, 4.69) is 29.4 Å². The van der Waals surface area contributed by atoms with E-state index in [1.807, 2.05) is 17.5 Å². The Kier molecular flexibility index (Phi) is 6.26. The number of hydrogen-bond donors (Lipinski definition) is 1. The van der Waals surface area contributed by atoms with Gasteiger partial charge in [-0.05, 0) is 29.7 Å². The van der Waals surface area contributed by atoms with Gasteiger partial charge in [0.05, 0.1) is 22.8 Å². The third-order valence-corrected chi connectivity index (χ3v) is 6.94. The molecule has 0 bridgehead atoms. The van der Waals surface area contributed by atoms with Gasteiger partial charge < -0.3 is 5.32 Å². The number of benzene rings is 2. The molecular formula is C21H22N2O3S2. The number of aryl methyl sites for hydroxylation is 1. The Hall–Kier alpha value is -2.51. The molecule has 28 heavy (non-hydrogen) atoms. The van der Waals surface area contributed by atoms with Gasteiger partial charge in [-0.3, -0.25) is 4.79 Å². The van der Waals surface area contributed by atoms with E-state index in [9.17, 15) is 13.2 Å². The van der Waals surface area contributed by atoms with Gasteiger partial charge in [-0.1, -0.05) is 50.2 Å². The van der Waals surface area contributed by atoms with Crippen molar-refractivity contribution < 1.29 is 13.2 Å². The number of amides is 1. The Morgan fingerprint density at radius 3 is 2.25 bits per heavy atom. The van der Waals surface area contributed by atoms with E-state index in [1.54, 1.807) is 31.2 Å². The van der Waals surface area contributed by atoms with Crippen LogP contribution in [-0.2, 0) is 27.5 Å². The van der Waals surface area contributed by atoms with Crippen molar-refractivity contribution in [3.63, 3.8) is 0 Å². The van der Waals surface area contributed by atoms with Crippen molar-refractivity contribution in [2.45, 2.75) is 31.6 Å². The minimum Gasteiger partial charge on any atom is -0.302 e. The Balaban J connectivity index is 1.63. The van der Waals surface area contributed by atoms with Crippen molar-refractivity contribution >= 4 is 32.2 Å². The summed E-state index contributed by atoms with van der Waals surface area (Å²) in [6.45, 7) is 3.72. The molecule has 0 radical (unpaired) electrons. The van der Waals surface area contributed by atoms with Crippen LogP contribution >= 0.6 is 11.3 Å². The molecular weight excluding hydrogens is 392 g/mol. The summed E-state index contributed by atoms with van der Waals surface area (Å²) in [5, 5.41) is 5.27. The summed E-state index contributed by atoms with van der Waals surface area (Å²) in [5.41, 5.74) is 3.86. The standard InChI is InChI=1S/C21H22N2O3S2/c1-3-15-5-9-17(10-6-15)19-14-27-21(22-19)23-20(24)13-16-7-11-18(12-8-16)28(25,26)4-2/h5-12,14H,3-4,13H2,1-2H3,(H,22,23,24). The predicted octanol–water partition coefficient (Wildman–Crippen LogP) is 4.35. The Bertz CT molecular complexity index is 1050. The summed E-state index contributed by atoms with van der Waals surface area (Å²) < 4.78 is 23.7. The minimum atomic E-state index is -3.23. The zero-order valence-electron chi connectivity index (χ0n) is 15.8. The second-order valence-corrected chi connectivity index (χ2v) is 9.50. The summed E-state index contributed by atoms with van der Waals surface area (Å²) >= 11 is 1.38. The number of rotatable bonds is 7.